The normalized spacial score (nSPS) is 22.8. The van der Waals surface area contributed by atoms with Gasteiger partial charge < -0.3 is 10.6 Å². The molecule has 0 aliphatic heterocycles. The maximum Gasteiger partial charge on any atom is 0.319 e. The van der Waals surface area contributed by atoms with Crippen LogP contribution < -0.4 is 10.6 Å². The number of hydrogen-bond acceptors (Lipinski definition) is 2. The highest BCUT2D eigenvalue weighted by Gasteiger charge is 2.26. The van der Waals surface area contributed by atoms with Crippen LogP contribution in [0.5, 0.6) is 0 Å². The Labute approximate surface area is 135 Å². The van der Waals surface area contributed by atoms with Crippen LogP contribution in [0.4, 0.5) is 10.5 Å². The van der Waals surface area contributed by atoms with Gasteiger partial charge in [0.2, 0.25) is 0 Å². The van der Waals surface area contributed by atoms with Crippen molar-refractivity contribution in [3.63, 3.8) is 0 Å². The Morgan fingerprint density at radius 3 is 2.86 bits per heavy atom. The number of urea groups is 1. The summed E-state index contributed by atoms with van der Waals surface area (Å²) in [4.78, 5) is 12.1. The molecule has 0 heterocycles. The second kappa shape index (κ2) is 8.32. The van der Waals surface area contributed by atoms with E-state index in [9.17, 15) is 9.00 Å². The molecule has 3 unspecified atom stereocenters. The molecule has 1 aromatic carbocycles. The molecule has 1 aliphatic rings. The number of nitrogens with one attached hydrogen (secondary N) is 2. The Balaban J connectivity index is 1.87. The number of rotatable bonds is 5. The van der Waals surface area contributed by atoms with Gasteiger partial charge >= 0.3 is 6.03 Å². The monoisotopic (exact) mass is 322 g/mol. The SMILES string of the molecule is CCc1cccc(NC(=O)NC2CCCC(S(=O)CC)C2)c1. The zero-order valence-corrected chi connectivity index (χ0v) is 14.2. The average molecular weight is 322 g/mol. The number of carbonyl (C=O) groups excluding carboxylic acids is 1. The molecule has 2 rings (SSSR count). The highest BCUT2D eigenvalue weighted by atomic mass is 32.2. The van der Waals surface area contributed by atoms with Crippen molar-refractivity contribution in [3.05, 3.63) is 29.8 Å². The number of amides is 2. The molecule has 1 aromatic rings. The Kier molecular flexibility index (Phi) is 6.43. The van der Waals surface area contributed by atoms with Gasteiger partial charge in [0.1, 0.15) is 0 Å². The third-order valence-electron chi connectivity index (χ3n) is 4.21. The van der Waals surface area contributed by atoms with Crippen LogP contribution in [0, 0.1) is 0 Å². The van der Waals surface area contributed by atoms with Crippen LogP contribution in [-0.2, 0) is 17.2 Å². The van der Waals surface area contributed by atoms with Crippen LogP contribution >= 0.6 is 0 Å². The minimum atomic E-state index is -0.763. The number of hydrogen-bond donors (Lipinski definition) is 2. The lowest BCUT2D eigenvalue weighted by atomic mass is 9.95. The molecule has 4 nitrogen and oxygen atoms in total. The van der Waals surface area contributed by atoms with Crippen molar-refractivity contribution in [1.29, 1.82) is 0 Å². The van der Waals surface area contributed by atoms with Gasteiger partial charge in [-0.1, -0.05) is 32.4 Å². The first-order chi connectivity index (χ1) is 10.6. The average Bonchev–Trinajstić information content (AvgIpc) is 2.54. The molecule has 3 atom stereocenters. The number of carbonyl (C=O) groups is 1. The fourth-order valence-corrected chi connectivity index (χ4v) is 4.32. The first-order valence-corrected chi connectivity index (χ1v) is 9.54. The standard InChI is InChI=1S/C17H26N2O2S/c1-3-13-7-5-8-14(11-13)18-17(20)19-15-9-6-10-16(12-15)22(21)4-2/h5,7-8,11,15-16H,3-4,6,9-10,12H2,1-2H3,(H2,18,19,20). The smallest absolute Gasteiger partial charge is 0.319 e. The maximum absolute atomic E-state index is 12.1. The topological polar surface area (TPSA) is 58.2 Å². The van der Waals surface area contributed by atoms with Crippen molar-refractivity contribution in [3.8, 4) is 0 Å². The lowest BCUT2D eigenvalue weighted by Crippen LogP contribution is -2.42. The summed E-state index contributed by atoms with van der Waals surface area (Å²) in [5.41, 5.74) is 2.02. The van der Waals surface area contributed by atoms with E-state index in [1.807, 2.05) is 25.1 Å². The van der Waals surface area contributed by atoms with E-state index in [2.05, 4.69) is 23.6 Å². The molecule has 2 N–H and O–H groups in total. The first kappa shape index (κ1) is 17.0. The fourth-order valence-electron chi connectivity index (χ4n) is 2.97. The van der Waals surface area contributed by atoms with E-state index in [-0.39, 0.29) is 17.3 Å². The Bertz CT molecular complexity index is 533. The molecule has 5 heteroatoms. The molecule has 0 aromatic heterocycles. The van der Waals surface area contributed by atoms with Gasteiger partial charge in [-0.2, -0.15) is 0 Å². The lowest BCUT2D eigenvalue weighted by molar-refractivity contribution is 0.244. The van der Waals surface area contributed by atoms with Gasteiger partial charge in [-0.25, -0.2) is 4.79 Å². The van der Waals surface area contributed by atoms with Crippen molar-refractivity contribution >= 4 is 22.5 Å². The van der Waals surface area contributed by atoms with E-state index in [0.717, 1.165) is 37.8 Å². The molecule has 22 heavy (non-hydrogen) atoms. The minimum absolute atomic E-state index is 0.128. The number of anilines is 1. The summed E-state index contributed by atoms with van der Waals surface area (Å²) in [6.07, 6.45) is 4.79. The van der Waals surface area contributed by atoms with Gasteiger partial charge in [0.05, 0.1) is 0 Å². The van der Waals surface area contributed by atoms with E-state index in [1.165, 1.54) is 5.56 Å². The molecular formula is C17H26N2O2S. The zero-order chi connectivity index (χ0) is 15.9. The molecule has 122 valence electrons. The molecule has 2 amide bonds. The third-order valence-corrected chi connectivity index (χ3v) is 5.95. The summed E-state index contributed by atoms with van der Waals surface area (Å²) < 4.78 is 11.9. The molecule has 0 spiro atoms. The van der Waals surface area contributed by atoms with Crippen LogP contribution in [-0.4, -0.2) is 27.3 Å². The van der Waals surface area contributed by atoms with Gasteiger partial charge in [0, 0.05) is 33.5 Å². The van der Waals surface area contributed by atoms with Crippen molar-refractivity contribution < 1.29 is 9.00 Å². The van der Waals surface area contributed by atoms with E-state index in [1.54, 1.807) is 0 Å². The van der Waals surface area contributed by atoms with Crippen molar-refractivity contribution in [2.75, 3.05) is 11.1 Å². The van der Waals surface area contributed by atoms with Crippen LogP contribution in [0.1, 0.15) is 45.1 Å². The molecule has 0 radical (unpaired) electrons. The van der Waals surface area contributed by atoms with Gasteiger partial charge in [0.15, 0.2) is 0 Å². The maximum atomic E-state index is 12.1. The quantitative estimate of drug-likeness (QED) is 0.872. The molecule has 1 fully saturated rings. The summed E-state index contributed by atoms with van der Waals surface area (Å²) in [7, 11) is -0.763. The Morgan fingerprint density at radius 2 is 2.14 bits per heavy atom. The van der Waals surface area contributed by atoms with Crippen molar-refractivity contribution in [2.24, 2.45) is 0 Å². The highest BCUT2D eigenvalue weighted by Crippen LogP contribution is 2.23. The van der Waals surface area contributed by atoms with E-state index < -0.39 is 10.8 Å². The van der Waals surface area contributed by atoms with Crippen LogP contribution in [0.25, 0.3) is 0 Å². The molecule has 1 saturated carbocycles. The summed E-state index contributed by atoms with van der Waals surface area (Å²) in [6.45, 7) is 4.05. The van der Waals surface area contributed by atoms with Gasteiger partial charge in [0.25, 0.3) is 0 Å². The zero-order valence-electron chi connectivity index (χ0n) is 13.4. The predicted molar refractivity (Wildman–Crippen MR) is 92.7 cm³/mol. The number of benzene rings is 1. The van der Waals surface area contributed by atoms with Gasteiger partial charge in [-0.3, -0.25) is 4.21 Å². The third kappa shape index (κ3) is 4.83. The predicted octanol–water partition coefficient (Wildman–Crippen LogP) is 3.45. The summed E-state index contributed by atoms with van der Waals surface area (Å²) >= 11 is 0. The second-order valence-corrected chi connectivity index (χ2v) is 7.81. The van der Waals surface area contributed by atoms with E-state index in [0.29, 0.717) is 5.75 Å². The van der Waals surface area contributed by atoms with Gasteiger partial charge in [-0.05, 0) is 43.4 Å². The summed E-state index contributed by atoms with van der Waals surface area (Å²) in [6, 6.07) is 7.86. The van der Waals surface area contributed by atoms with Gasteiger partial charge in [-0.15, -0.1) is 0 Å². The number of aryl methyl sites for hydroxylation is 1. The highest BCUT2D eigenvalue weighted by molar-refractivity contribution is 7.85. The minimum Gasteiger partial charge on any atom is -0.335 e. The fraction of sp³-hybridized carbons (Fsp3) is 0.588. The molecule has 0 bridgehead atoms. The molecular weight excluding hydrogens is 296 g/mol. The van der Waals surface area contributed by atoms with E-state index >= 15 is 0 Å². The van der Waals surface area contributed by atoms with Crippen LogP contribution in [0.15, 0.2) is 24.3 Å². The molecule has 1 aliphatic carbocycles. The lowest BCUT2D eigenvalue weighted by Gasteiger charge is -2.29. The summed E-state index contributed by atoms with van der Waals surface area (Å²) in [5, 5.41) is 6.15. The second-order valence-electron chi connectivity index (χ2n) is 5.81. The Morgan fingerprint density at radius 1 is 1.32 bits per heavy atom. The first-order valence-electron chi connectivity index (χ1n) is 8.16. The van der Waals surface area contributed by atoms with Crippen LogP contribution in [0.3, 0.4) is 0 Å². The van der Waals surface area contributed by atoms with Crippen LogP contribution in [0.2, 0.25) is 0 Å². The molecule has 0 saturated heterocycles. The van der Waals surface area contributed by atoms with Crippen molar-refractivity contribution in [1.82, 2.24) is 5.32 Å². The Hall–Kier alpha value is -1.36. The largest absolute Gasteiger partial charge is 0.335 e. The van der Waals surface area contributed by atoms with Crippen molar-refractivity contribution in [2.45, 2.75) is 57.2 Å². The van der Waals surface area contributed by atoms with E-state index in [4.69, 9.17) is 0 Å². The summed E-state index contributed by atoms with van der Waals surface area (Å²) in [5.74, 6) is 0.702.